The van der Waals surface area contributed by atoms with E-state index in [1.54, 1.807) is 0 Å². The van der Waals surface area contributed by atoms with Gasteiger partial charge in [0, 0.05) is 6.42 Å². The van der Waals surface area contributed by atoms with E-state index in [0.717, 1.165) is 12.1 Å². The predicted octanol–water partition coefficient (Wildman–Crippen LogP) is 2.60. The molecule has 1 N–H and O–H groups in total. The van der Waals surface area contributed by atoms with E-state index in [2.05, 4.69) is 0 Å². The Labute approximate surface area is 84.3 Å². The van der Waals surface area contributed by atoms with E-state index in [4.69, 9.17) is 5.11 Å². The summed E-state index contributed by atoms with van der Waals surface area (Å²) in [5.74, 6) is -0.502. The van der Waals surface area contributed by atoms with Gasteiger partial charge in [0.2, 0.25) is 0 Å². The van der Waals surface area contributed by atoms with E-state index in [9.17, 15) is 17.6 Å². The largest absolute Gasteiger partial charge is 0.414 e. The van der Waals surface area contributed by atoms with Gasteiger partial charge in [0.1, 0.15) is 5.82 Å². The van der Waals surface area contributed by atoms with Crippen molar-refractivity contribution in [3.05, 3.63) is 35.1 Å². The molecule has 0 spiro atoms. The maximum atomic E-state index is 12.6. The molecule has 0 fully saturated rings. The second kappa shape index (κ2) is 4.18. The zero-order valence-corrected chi connectivity index (χ0v) is 7.98. The van der Waals surface area contributed by atoms with Gasteiger partial charge >= 0.3 is 6.18 Å². The summed E-state index contributed by atoms with van der Waals surface area (Å²) in [6.07, 6.45) is -7.59. The number of benzene rings is 1. The zero-order chi connectivity index (χ0) is 11.6. The Morgan fingerprint density at radius 3 is 2.40 bits per heavy atom. The molecule has 0 aliphatic rings. The van der Waals surface area contributed by atoms with Gasteiger partial charge in [0.05, 0.1) is 0 Å². The highest BCUT2D eigenvalue weighted by Crippen LogP contribution is 2.24. The maximum Gasteiger partial charge on any atom is 0.414 e. The number of halogens is 4. The summed E-state index contributed by atoms with van der Waals surface area (Å²) in [6, 6.07) is 3.46. The Hall–Kier alpha value is -1.10. The first-order valence-corrected chi connectivity index (χ1v) is 4.30. The second-order valence-electron chi connectivity index (χ2n) is 3.33. The van der Waals surface area contributed by atoms with Crippen LogP contribution in [0.15, 0.2) is 18.2 Å². The van der Waals surface area contributed by atoms with Gasteiger partial charge in [0.25, 0.3) is 0 Å². The van der Waals surface area contributed by atoms with E-state index >= 15 is 0 Å². The molecule has 0 bridgehead atoms. The van der Waals surface area contributed by atoms with Gasteiger partial charge in [-0.25, -0.2) is 4.39 Å². The van der Waals surface area contributed by atoms with Crippen LogP contribution in [0.25, 0.3) is 0 Å². The zero-order valence-electron chi connectivity index (χ0n) is 7.98. The van der Waals surface area contributed by atoms with Gasteiger partial charge in [-0.05, 0) is 30.2 Å². The summed E-state index contributed by atoms with van der Waals surface area (Å²) in [5.41, 5.74) is 0.694. The van der Waals surface area contributed by atoms with Crippen molar-refractivity contribution in [2.75, 3.05) is 0 Å². The smallest absolute Gasteiger partial charge is 0.383 e. The fourth-order valence-corrected chi connectivity index (χ4v) is 1.21. The highest BCUT2D eigenvalue weighted by atomic mass is 19.4. The molecule has 5 heteroatoms. The lowest BCUT2D eigenvalue weighted by Crippen LogP contribution is -2.30. The molecule has 1 aromatic carbocycles. The van der Waals surface area contributed by atoms with E-state index < -0.39 is 24.5 Å². The van der Waals surface area contributed by atoms with Crippen molar-refractivity contribution in [3.8, 4) is 0 Å². The molecule has 0 saturated carbocycles. The summed E-state index contributed by atoms with van der Waals surface area (Å²) in [5, 5.41) is 8.81. The normalized spacial score (nSPS) is 14.0. The van der Waals surface area contributed by atoms with Gasteiger partial charge in [0.15, 0.2) is 6.10 Å². The third kappa shape index (κ3) is 3.20. The Morgan fingerprint density at radius 1 is 1.33 bits per heavy atom. The highest BCUT2D eigenvalue weighted by molar-refractivity contribution is 5.27. The van der Waals surface area contributed by atoms with E-state index in [1.165, 1.54) is 13.0 Å². The van der Waals surface area contributed by atoms with E-state index in [0.29, 0.717) is 11.1 Å². The van der Waals surface area contributed by atoms with Crippen LogP contribution in [-0.2, 0) is 6.42 Å². The third-order valence-corrected chi connectivity index (χ3v) is 2.10. The van der Waals surface area contributed by atoms with Gasteiger partial charge in [-0.2, -0.15) is 13.2 Å². The second-order valence-corrected chi connectivity index (χ2v) is 3.33. The van der Waals surface area contributed by atoms with Crippen LogP contribution in [0.2, 0.25) is 0 Å². The Bertz CT molecular complexity index is 346. The Balaban J connectivity index is 2.82. The fraction of sp³-hybridized carbons (Fsp3) is 0.400. The average Bonchev–Trinajstić information content (AvgIpc) is 2.08. The van der Waals surface area contributed by atoms with Crippen LogP contribution in [0.5, 0.6) is 0 Å². The molecule has 0 aromatic heterocycles. The number of aliphatic hydroxyl groups is 1. The molecule has 84 valence electrons. The number of hydrogen-bond acceptors (Lipinski definition) is 1. The van der Waals surface area contributed by atoms with Crippen molar-refractivity contribution in [3.63, 3.8) is 0 Å². The van der Waals surface area contributed by atoms with Crippen molar-refractivity contribution in [1.29, 1.82) is 0 Å². The minimum atomic E-state index is -4.64. The summed E-state index contributed by atoms with van der Waals surface area (Å²) in [6.45, 7) is 1.50. The topological polar surface area (TPSA) is 20.2 Å². The Kier molecular flexibility index (Phi) is 3.34. The molecular weight excluding hydrogens is 212 g/mol. The van der Waals surface area contributed by atoms with Crippen molar-refractivity contribution in [2.24, 2.45) is 0 Å². The molecule has 1 aromatic rings. The van der Waals surface area contributed by atoms with E-state index in [-0.39, 0.29) is 0 Å². The van der Waals surface area contributed by atoms with E-state index in [1.807, 2.05) is 0 Å². The average molecular weight is 222 g/mol. The van der Waals surface area contributed by atoms with Crippen molar-refractivity contribution < 1.29 is 22.7 Å². The van der Waals surface area contributed by atoms with Crippen molar-refractivity contribution >= 4 is 0 Å². The first-order chi connectivity index (χ1) is 6.80. The molecule has 0 aliphatic heterocycles. The lowest BCUT2D eigenvalue weighted by molar-refractivity contribution is -0.203. The number of aryl methyl sites for hydroxylation is 1. The monoisotopic (exact) mass is 222 g/mol. The number of alkyl halides is 3. The van der Waals surface area contributed by atoms with Crippen LogP contribution < -0.4 is 0 Å². The molecule has 1 atom stereocenters. The first kappa shape index (κ1) is 12.0. The summed E-state index contributed by atoms with van der Waals surface area (Å²) >= 11 is 0. The lowest BCUT2D eigenvalue weighted by atomic mass is 10.0. The van der Waals surface area contributed by atoms with Crippen molar-refractivity contribution in [1.82, 2.24) is 0 Å². The quantitative estimate of drug-likeness (QED) is 0.762. The molecule has 0 heterocycles. The summed E-state index contributed by atoms with van der Waals surface area (Å²) < 4.78 is 48.7. The van der Waals surface area contributed by atoms with Crippen LogP contribution in [0.3, 0.4) is 0 Å². The maximum absolute atomic E-state index is 12.6. The van der Waals surface area contributed by atoms with Crippen LogP contribution >= 0.6 is 0 Å². The molecule has 1 nitrogen and oxygen atoms in total. The van der Waals surface area contributed by atoms with Crippen LogP contribution in [0.1, 0.15) is 11.1 Å². The number of rotatable bonds is 2. The van der Waals surface area contributed by atoms with Crippen molar-refractivity contribution in [2.45, 2.75) is 25.6 Å². The molecule has 0 saturated heterocycles. The standard InChI is InChI=1S/C10H10F4O/c1-6-4-8(11)3-2-7(6)5-9(15)10(12,13)14/h2-4,9,15H,5H2,1H3/t9-/m0/s1. The SMILES string of the molecule is Cc1cc(F)ccc1C[C@H](O)C(F)(F)F. The van der Waals surface area contributed by atoms with Gasteiger partial charge < -0.3 is 5.11 Å². The molecule has 15 heavy (non-hydrogen) atoms. The number of aliphatic hydroxyl groups excluding tert-OH is 1. The van der Waals surface area contributed by atoms with Crippen LogP contribution in [0.4, 0.5) is 17.6 Å². The summed E-state index contributed by atoms with van der Waals surface area (Å²) in [7, 11) is 0. The molecule has 0 radical (unpaired) electrons. The fourth-order valence-electron chi connectivity index (χ4n) is 1.21. The molecular formula is C10H10F4O. The van der Waals surface area contributed by atoms with Gasteiger partial charge in [-0.15, -0.1) is 0 Å². The minimum absolute atomic E-state index is 0.293. The molecule has 0 unspecified atom stereocenters. The van der Waals surface area contributed by atoms with Gasteiger partial charge in [-0.1, -0.05) is 6.07 Å². The van der Waals surface area contributed by atoms with Gasteiger partial charge in [-0.3, -0.25) is 0 Å². The van der Waals surface area contributed by atoms with Crippen LogP contribution in [0, 0.1) is 12.7 Å². The highest BCUT2D eigenvalue weighted by Gasteiger charge is 2.38. The molecule has 0 aliphatic carbocycles. The predicted molar refractivity (Wildman–Crippen MR) is 46.9 cm³/mol. The molecule has 1 rings (SSSR count). The Morgan fingerprint density at radius 2 is 1.93 bits per heavy atom. The lowest BCUT2D eigenvalue weighted by Gasteiger charge is -2.15. The van der Waals surface area contributed by atoms with Crippen LogP contribution in [-0.4, -0.2) is 17.4 Å². The minimum Gasteiger partial charge on any atom is -0.383 e. The summed E-state index contributed by atoms with van der Waals surface area (Å²) in [4.78, 5) is 0. The number of hydrogen-bond donors (Lipinski definition) is 1. The first-order valence-electron chi connectivity index (χ1n) is 4.30. The molecule has 0 amide bonds. The third-order valence-electron chi connectivity index (χ3n) is 2.10.